The lowest BCUT2D eigenvalue weighted by atomic mass is 10.0. The minimum absolute atomic E-state index is 0.0735. The first kappa shape index (κ1) is 52.1. The number of hydrogen-bond donors (Lipinski definition) is 3. The molecule has 0 aliphatic rings. The standard InChI is InChI=1S/C48H89NO5/c1-4-7-10-13-16-18-19-20-21-22-23-24-25-26-27-29-32-35-38-41-48(53)54-44(39-36-33-30-15-12-9-6-3)42-47(52)49-45(43-50)46(51)40-37-34-31-28-17-14-11-8-5-2/h16,18,20-21,23-24,44-46,50-51H,4-15,17,19,22,25-43H2,1-3H3,(H,49,52)/b18-16-,21-20-,24-23-. The van der Waals surface area contributed by atoms with Gasteiger partial charge >= 0.3 is 5.97 Å². The van der Waals surface area contributed by atoms with Crippen LogP contribution in [0, 0.1) is 0 Å². The fourth-order valence-corrected chi connectivity index (χ4v) is 6.91. The summed E-state index contributed by atoms with van der Waals surface area (Å²) in [4.78, 5) is 25.9. The van der Waals surface area contributed by atoms with Crippen molar-refractivity contribution in [2.75, 3.05) is 6.61 Å². The van der Waals surface area contributed by atoms with E-state index in [1.54, 1.807) is 0 Å². The molecule has 0 aromatic carbocycles. The maximum atomic E-state index is 13.0. The van der Waals surface area contributed by atoms with Gasteiger partial charge < -0.3 is 20.3 Å². The van der Waals surface area contributed by atoms with Gasteiger partial charge in [0, 0.05) is 6.42 Å². The van der Waals surface area contributed by atoms with Crippen LogP contribution in [-0.2, 0) is 14.3 Å². The van der Waals surface area contributed by atoms with Crippen LogP contribution >= 0.6 is 0 Å². The second kappa shape index (κ2) is 42.2. The Bertz CT molecular complexity index is 900. The van der Waals surface area contributed by atoms with Crippen molar-refractivity contribution in [1.29, 1.82) is 0 Å². The number of allylic oxidation sites excluding steroid dienone is 6. The van der Waals surface area contributed by atoms with Crippen molar-refractivity contribution in [3.05, 3.63) is 36.5 Å². The SMILES string of the molecule is CCCCC/C=C\C/C=C\C/C=C\CCCCCCCCC(=O)OC(CCCCCCCCC)CC(=O)NC(CO)C(O)CCCCCCCCCCC. The largest absolute Gasteiger partial charge is 0.462 e. The van der Waals surface area contributed by atoms with Gasteiger partial charge in [-0.3, -0.25) is 9.59 Å². The quantitative estimate of drug-likeness (QED) is 0.0328. The molecule has 0 saturated heterocycles. The Balaban J connectivity index is 4.40. The molecule has 0 bridgehead atoms. The molecule has 0 saturated carbocycles. The van der Waals surface area contributed by atoms with E-state index < -0.39 is 18.2 Å². The van der Waals surface area contributed by atoms with Crippen LogP contribution in [0.2, 0.25) is 0 Å². The lowest BCUT2D eigenvalue weighted by Gasteiger charge is -2.24. The predicted molar refractivity (Wildman–Crippen MR) is 232 cm³/mol. The van der Waals surface area contributed by atoms with E-state index in [2.05, 4.69) is 62.5 Å². The maximum Gasteiger partial charge on any atom is 0.306 e. The predicted octanol–water partition coefficient (Wildman–Crippen LogP) is 13.3. The topological polar surface area (TPSA) is 95.9 Å². The molecule has 0 aliphatic heterocycles. The van der Waals surface area contributed by atoms with E-state index in [1.807, 2.05) is 0 Å². The lowest BCUT2D eigenvalue weighted by molar-refractivity contribution is -0.151. The van der Waals surface area contributed by atoms with Gasteiger partial charge in [0.15, 0.2) is 0 Å². The second-order valence-electron chi connectivity index (χ2n) is 15.8. The number of unbranched alkanes of at least 4 members (excludes halogenated alkanes) is 23. The van der Waals surface area contributed by atoms with Crippen LogP contribution < -0.4 is 5.32 Å². The molecule has 0 aromatic rings. The Morgan fingerprint density at radius 2 is 0.944 bits per heavy atom. The van der Waals surface area contributed by atoms with E-state index in [0.29, 0.717) is 19.3 Å². The highest BCUT2D eigenvalue weighted by Gasteiger charge is 2.24. The van der Waals surface area contributed by atoms with Gasteiger partial charge in [-0.2, -0.15) is 0 Å². The first-order valence-electron chi connectivity index (χ1n) is 23.2. The minimum atomic E-state index is -0.783. The Morgan fingerprint density at radius 1 is 0.537 bits per heavy atom. The number of aliphatic hydroxyl groups excluding tert-OH is 2. The number of carbonyl (C=O) groups excluding carboxylic acids is 2. The van der Waals surface area contributed by atoms with E-state index in [9.17, 15) is 19.8 Å². The molecule has 0 heterocycles. The van der Waals surface area contributed by atoms with Gasteiger partial charge in [0.05, 0.1) is 25.2 Å². The highest BCUT2D eigenvalue weighted by molar-refractivity contribution is 5.77. The first-order valence-corrected chi connectivity index (χ1v) is 23.2. The zero-order valence-electron chi connectivity index (χ0n) is 35.9. The van der Waals surface area contributed by atoms with Crippen molar-refractivity contribution in [3.63, 3.8) is 0 Å². The third kappa shape index (κ3) is 37.0. The van der Waals surface area contributed by atoms with Gasteiger partial charge in [0.2, 0.25) is 5.91 Å². The molecule has 316 valence electrons. The van der Waals surface area contributed by atoms with Crippen LogP contribution in [0.1, 0.15) is 233 Å². The molecule has 0 fully saturated rings. The highest BCUT2D eigenvalue weighted by atomic mass is 16.5. The molecule has 0 rings (SSSR count). The van der Waals surface area contributed by atoms with Crippen LogP contribution in [0.3, 0.4) is 0 Å². The third-order valence-electron chi connectivity index (χ3n) is 10.5. The van der Waals surface area contributed by atoms with E-state index in [0.717, 1.165) is 77.0 Å². The molecule has 3 unspecified atom stereocenters. The fourth-order valence-electron chi connectivity index (χ4n) is 6.91. The molecule has 0 aliphatic carbocycles. The monoisotopic (exact) mass is 760 g/mol. The van der Waals surface area contributed by atoms with E-state index in [1.165, 1.54) is 109 Å². The van der Waals surface area contributed by atoms with Crippen LogP contribution in [0.15, 0.2) is 36.5 Å². The van der Waals surface area contributed by atoms with Crippen LogP contribution in [0.4, 0.5) is 0 Å². The summed E-state index contributed by atoms with van der Waals surface area (Å²) in [6.07, 6.45) is 47.9. The third-order valence-corrected chi connectivity index (χ3v) is 10.5. The molecule has 0 aromatic heterocycles. The molecule has 6 nitrogen and oxygen atoms in total. The first-order chi connectivity index (χ1) is 26.5. The molecule has 0 spiro atoms. The van der Waals surface area contributed by atoms with Crippen LogP contribution in [-0.4, -0.2) is 46.9 Å². The average molecular weight is 760 g/mol. The molecule has 3 N–H and O–H groups in total. The molecule has 1 amide bonds. The zero-order valence-corrected chi connectivity index (χ0v) is 35.9. The molecule has 6 heteroatoms. The Labute approximate surface area is 334 Å². The van der Waals surface area contributed by atoms with Crippen molar-refractivity contribution >= 4 is 11.9 Å². The molecular formula is C48H89NO5. The van der Waals surface area contributed by atoms with Crippen LogP contribution in [0.25, 0.3) is 0 Å². The molecular weight excluding hydrogens is 671 g/mol. The number of carbonyl (C=O) groups is 2. The average Bonchev–Trinajstić information content (AvgIpc) is 3.16. The number of rotatable bonds is 41. The van der Waals surface area contributed by atoms with Crippen molar-refractivity contribution < 1.29 is 24.5 Å². The normalized spacial score (nSPS) is 13.6. The Morgan fingerprint density at radius 3 is 1.46 bits per heavy atom. The van der Waals surface area contributed by atoms with E-state index >= 15 is 0 Å². The molecule has 54 heavy (non-hydrogen) atoms. The summed E-state index contributed by atoms with van der Waals surface area (Å²) < 4.78 is 5.87. The summed E-state index contributed by atoms with van der Waals surface area (Å²) in [5, 5.41) is 23.5. The van der Waals surface area contributed by atoms with Gasteiger partial charge in [-0.25, -0.2) is 0 Å². The summed E-state index contributed by atoms with van der Waals surface area (Å²) in [7, 11) is 0. The van der Waals surface area contributed by atoms with Crippen molar-refractivity contribution in [2.45, 2.75) is 251 Å². The number of amides is 1. The number of nitrogens with one attached hydrogen (secondary N) is 1. The summed E-state index contributed by atoms with van der Waals surface area (Å²) >= 11 is 0. The van der Waals surface area contributed by atoms with Crippen molar-refractivity contribution in [2.24, 2.45) is 0 Å². The van der Waals surface area contributed by atoms with Crippen molar-refractivity contribution in [3.8, 4) is 0 Å². The highest BCUT2D eigenvalue weighted by Crippen LogP contribution is 2.17. The summed E-state index contributed by atoms with van der Waals surface area (Å²) in [6.45, 7) is 6.39. The second-order valence-corrected chi connectivity index (χ2v) is 15.8. The van der Waals surface area contributed by atoms with Gasteiger partial charge in [-0.1, -0.05) is 192 Å². The van der Waals surface area contributed by atoms with E-state index in [-0.39, 0.29) is 24.9 Å². The summed E-state index contributed by atoms with van der Waals surface area (Å²) in [6, 6.07) is -0.697. The van der Waals surface area contributed by atoms with E-state index in [4.69, 9.17) is 4.74 Å². The smallest absolute Gasteiger partial charge is 0.306 e. The summed E-state index contributed by atoms with van der Waals surface area (Å²) in [5.74, 6) is -0.491. The zero-order chi connectivity index (χ0) is 39.6. The number of esters is 1. The van der Waals surface area contributed by atoms with Crippen LogP contribution in [0.5, 0.6) is 0 Å². The maximum absolute atomic E-state index is 13.0. The van der Waals surface area contributed by atoms with Gasteiger partial charge in [0.1, 0.15) is 6.10 Å². The number of hydrogen-bond acceptors (Lipinski definition) is 5. The summed E-state index contributed by atoms with van der Waals surface area (Å²) in [5.41, 5.74) is 0. The number of aliphatic hydroxyl groups is 2. The fraction of sp³-hybridized carbons (Fsp3) is 0.833. The Hall–Kier alpha value is -1.92. The molecule has 3 atom stereocenters. The van der Waals surface area contributed by atoms with Gasteiger partial charge in [-0.05, 0) is 64.2 Å². The van der Waals surface area contributed by atoms with Gasteiger partial charge in [-0.15, -0.1) is 0 Å². The number of ether oxygens (including phenoxy) is 1. The minimum Gasteiger partial charge on any atom is -0.462 e. The lowest BCUT2D eigenvalue weighted by Crippen LogP contribution is -2.46. The van der Waals surface area contributed by atoms with Crippen molar-refractivity contribution in [1.82, 2.24) is 5.32 Å². The Kier molecular flexibility index (Phi) is 40.7. The molecule has 0 radical (unpaired) electrons. The van der Waals surface area contributed by atoms with Gasteiger partial charge in [0.25, 0.3) is 0 Å².